The van der Waals surface area contributed by atoms with Crippen molar-refractivity contribution in [2.75, 3.05) is 18.5 Å². The number of aryl methyl sites for hydroxylation is 2. The zero-order valence-electron chi connectivity index (χ0n) is 20.7. The summed E-state index contributed by atoms with van der Waals surface area (Å²) in [6.07, 6.45) is 2.91. The molecule has 1 N–H and O–H groups in total. The summed E-state index contributed by atoms with van der Waals surface area (Å²) in [7, 11) is 1.68. The molecule has 0 aliphatic carbocycles. The number of fused-ring (bicyclic) bond motifs is 2. The Kier molecular flexibility index (Phi) is 6.71. The van der Waals surface area contributed by atoms with Gasteiger partial charge >= 0.3 is 6.09 Å². The first-order valence-electron chi connectivity index (χ1n) is 12.4. The summed E-state index contributed by atoms with van der Waals surface area (Å²) in [5.74, 6) is 1.30. The van der Waals surface area contributed by atoms with Crippen LogP contribution >= 0.6 is 0 Å². The minimum Gasteiger partial charge on any atom is -0.389 e. The third kappa shape index (κ3) is 4.82. The van der Waals surface area contributed by atoms with Crippen molar-refractivity contribution in [2.45, 2.75) is 39.2 Å². The first-order valence-corrected chi connectivity index (χ1v) is 12.4. The summed E-state index contributed by atoms with van der Waals surface area (Å²) in [5.41, 5.74) is 2.92. The predicted molar refractivity (Wildman–Crippen MR) is 141 cm³/mol. The van der Waals surface area contributed by atoms with Gasteiger partial charge in [0.2, 0.25) is 5.88 Å². The topological polar surface area (TPSA) is 76.5 Å². The summed E-state index contributed by atoms with van der Waals surface area (Å²) in [6.45, 7) is 3.19. The quantitative estimate of drug-likeness (QED) is 0.405. The number of anilines is 1. The number of nitrogens with zero attached hydrogens (tertiary/aromatic N) is 3. The number of hydrogen-bond donors (Lipinski definition) is 1. The Bertz CT molecular complexity index is 1400. The maximum Gasteiger partial charge on any atom is 0.414 e. The fourth-order valence-electron chi connectivity index (χ4n) is 4.64. The van der Waals surface area contributed by atoms with Gasteiger partial charge in [-0.05, 0) is 48.6 Å². The molecule has 1 aliphatic rings. The van der Waals surface area contributed by atoms with E-state index in [-0.39, 0.29) is 5.91 Å². The summed E-state index contributed by atoms with van der Waals surface area (Å²) in [4.78, 5) is 32.6. The van der Waals surface area contributed by atoms with Crippen molar-refractivity contribution in [2.24, 2.45) is 0 Å². The lowest BCUT2D eigenvalue weighted by Crippen LogP contribution is -2.31. The standard InChI is InChI=1S/C29H30N4O3/c1-20-13-15-21(16-14-20)17-18-30-29(35)36-28-26(31-25-12-5-6-19-33(25)28)32(2)27(34)24-11-7-9-22-8-3-4-10-23(22)24/h3-4,7-11,13-16H,5-6,12,17-19H2,1-2H3,(H,30,35). The predicted octanol–water partition coefficient (Wildman–Crippen LogP) is 5.29. The highest BCUT2D eigenvalue weighted by Crippen LogP contribution is 2.33. The van der Waals surface area contributed by atoms with Crippen LogP contribution in [0.2, 0.25) is 0 Å². The number of carbonyl (C=O) groups excluding carboxylic acids is 2. The van der Waals surface area contributed by atoms with Gasteiger partial charge in [0, 0.05) is 32.1 Å². The number of imidazole rings is 1. The lowest BCUT2D eigenvalue weighted by molar-refractivity contribution is 0.0993. The number of hydrogen-bond acceptors (Lipinski definition) is 4. The zero-order valence-corrected chi connectivity index (χ0v) is 20.7. The molecule has 2 amide bonds. The van der Waals surface area contributed by atoms with Crippen molar-refractivity contribution in [1.82, 2.24) is 14.9 Å². The van der Waals surface area contributed by atoms with E-state index in [1.54, 1.807) is 7.05 Å². The van der Waals surface area contributed by atoms with Crippen molar-refractivity contribution < 1.29 is 14.3 Å². The molecule has 36 heavy (non-hydrogen) atoms. The van der Waals surface area contributed by atoms with Crippen LogP contribution in [0.1, 0.15) is 40.2 Å². The Balaban J connectivity index is 1.36. The summed E-state index contributed by atoms with van der Waals surface area (Å²) in [6, 6.07) is 21.7. The van der Waals surface area contributed by atoms with E-state index in [9.17, 15) is 9.59 Å². The van der Waals surface area contributed by atoms with Crippen LogP contribution in [0.5, 0.6) is 5.88 Å². The minimum atomic E-state index is -0.553. The molecular formula is C29H30N4O3. The summed E-state index contributed by atoms with van der Waals surface area (Å²) < 4.78 is 7.71. The van der Waals surface area contributed by atoms with Crippen molar-refractivity contribution in [3.8, 4) is 5.88 Å². The molecule has 184 valence electrons. The zero-order chi connectivity index (χ0) is 25.1. The largest absolute Gasteiger partial charge is 0.414 e. The molecule has 0 saturated heterocycles. The molecule has 0 saturated carbocycles. The van der Waals surface area contributed by atoms with E-state index in [2.05, 4.69) is 29.6 Å². The van der Waals surface area contributed by atoms with Gasteiger partial charge in [0.1, 0.15) is 5.82 Å². The molecular weight excluding hydrogens is 452 g/mol. The van der Waals surface area contributed by atoms with Crippen LogP contribution in [0.4, 0.5) is 10.6 Å². The molecule has 7 nitrogen and oxygen atoms in total. The summed E-state index contributed by atoms with van der Waals surface area (Å²) >= 11 is 0. The minimum absolute atomic E-state index is 0.202. The highest BCUT2D eigenvalue weighted by molar-refractivity contribution is 6.14. The Morgan fingerprint density at radius 1 is 1.03 bits per heavy atom. The Morgan fingerprint density at radius 2 is 1.81 bits per heavy atom. The third-order valence-electron chi connectivity index (χ3n) is 6.65. The van der Waals surface area contributed by atoms with Crippen LogP contribution in [-0.4, -0.2) is 35.1 Å². The first kappa shape index (κ1) is 23.6. The molecule has 0 bridgehead atoms. The van der Waals surface area contributed by atoms with Crippen LogP contribution in [-0.2, 0) is 19.4 Å². The van der Waals surface area contributed by atoms with Gasteiger partial charge in [-0.3, -0.25) is 14.3 Å². The van der Waals surface area contributed by atoms with Crippen LogP contribution in [0, 0.1) is 6.92 Å². The molecule has 3 aromatic carbocycles. The molecule has 5 rings (SSSR count). The second-order valence-corrected chi connectivity index (χ2v) is 9.21. The van der Waals surface area contributed by atoms with Gasteiger partial charge in [0.25, 0.3) is 5.91 Å². The van der Waals surface area contributed by atoms with E-state index >= 15 is 0 Å². The van der Waals surface area contributed by atoms with Crippen LogP contribution in [0.15, 0.2) is 66.7 Å². The normalized spacial score (nSPS) is 12.7. The van der Waals surface area contributed by atoms with E-state index in [1.807, 2.05) is 54.0 Å². The van der Waals surface area contributed by atoms with Gasteiger partial charge < -0.3 is 10.1 Å². The van der Waals surface area contributed by atoms with Gasteiger partial charge in [-0.15, -0.1) is 0 Å². The van der Waals surface area contributed by atoms with Gasteiger partial charge in [0.15, 0.2) is 5.82 Å². The smallest absolute Gasteiger partial charge is 0.389 e. The second-order valence-electron chi connectivity index (χ2n) is 9.21. The fourth-order valence-corrected chi connectivity index (χ4v) is 4.64. The lowest BCUT2D eigenvalue weighted by atomic mass is 10.0. The Labute approximate surface area is 210 Å². The van der Waals surface area contributed by atoms with Crippen molar-refractivity contribution in [3.05, 3.63) is 89.2 Å². The first-order chi connectivity index (χ1) is 17.5. The molecule has 1 aliphatic heterocycles. The number of carbonyl (C=O) groups is 2. The van der Waals surface area contributed by atoms with Gasteiger partial charge in [-0.25, -0.2) is 9.78 Å². The molecule has 4 aromatic rings. The Morgan fingerprint density at radius 3 is 2.64 bits per heavy atom. The SMILES string of the molecule is Cc1ccc(CCNC(=O)Oc2c(N(C)C(=O)c3cccc4ccccc34)nc3n2CCCC3)cc1. The molecule has 0 spiro atoms. The van der Waals surface area contributed by atoms with Crippen molar-refractivity contribution in [3.63, 3.8) is 0 Å². The highest BCUT2D eigenvalue weighted by atomic mass is 16.6. The molecule has 0 atom stereocenters. The van der Waals surface area contributed by atoms with Gasteiger partial charge in [-0.1, -0.05) is 66.2 Å². The number of aromatic nitrogens is 2. The van der Waals surface area contributed by atoms with Crippen LogP contribution in [0.25, 0.3) is 10.8 Å². The van der Waals surface area contributed by atoms with E-state index in [0.29, 0.717) is 36.8 Å². The average molecular weight is 483 g/mol. The number of amides is 2. The summed E-state index contributed by atoms with van der Waals surface area (Å²) in [5, 5.41) is 4.70. The Hall–Kier alpha value is -4.13. The highest BCUT2D eigenvalue weighted by Gasteiger charge is 2.29. The van der Waals surface area contributed by atoms with Crippen LogP contribution in [0.3, 0.4) is 0 Å². The van der Waals surface area contributed by atoms with E-state index in [0.717, 1.165) is 41.4 Å². The monoisotopic (exact) mass is 482 g/mol. The van der Waals surface area contributed by atoms with E-state index < -0.39 is 6.09 Å². The number of ether oxygens (including phenoxy) is 1. The number of rotatable bonds is 6. The third-order valence-corrected chi connectivity index (χ3v) is 6.65. The van der Waals surface area contributed by atoms with Gasteiger partial charge in [-0.2, -0.15) is 0 Å². The maximum absolute atomic E-state index is 13.6. The van der Waals surface area contributed by atoms with Gasteiger partial charge in [0.05, 0.1) is 0 Å². The van der Waals surface area contributed by atoms with Crippen molar-refractivity contribution >= 4 is 28.6 Å². The second kappa shape index (κ2) is 10.2. The van der Waals surface area contributed by atoms with Crippen LogP contribution < -0.4 is 15.0 Å². The average Bonchev–Trinajstić information content (AvgIpc) is 3.26. The molecule has 7 heteroatoms. The van der Waals surface area contributed by atoms with Crippen molar-refractivity contribution in [1.29, 1.82) is 0 Å². The van der Waals surface area contributed by atoms with E-state index in [1.165, 1.54) is 10.5 Å². The fraction of sp³-hybridized carbons (Fsp3) is 0.276. The van der Waals surface area contributed by atoms with E-state index in [4.69, 9.17) is 9.72 Å². The number of nitrogens with one attached hydrogen (secondary N) is 1. The lowest BCUT2D eigenvalue weighted by Gasteiger charge is -2.19. The molecule has 0 unspecified atom stereocenters. The number of benzene rings is 3. The molecule has 1 aromatic heterocycles. The molecule has 0 radical (unpaired) electrons. The molecule has 2 heterocycles. The maximum atomic E-state index is 13.6. The molecule has 0 fully saturated rings.